The molecule has 94 valence electrons. The second-order valence-electron chi connectivity index (χ2n) is 4.36. The molecule has 2 nitrogen and oxygen atoms in total. The van der Waals surface area contributed by atoms with Gasteiger partial charge in [-0.3, -0.25) is 0 Å². The van der Waals surface area contributed by atoms with Crippen molar-refractivity contribution in [1.82, 2.24) is 0 Å². The standard InChI is InChI=1S/C13H16Cl2O2/c1-9-2-4-11(17-9)8-16-13-5-3-10(7-14)6-12(13)15/h3,5-6,9,11H,2,4,7-8H2,1H3. The minimum atomic E-state index is 0.189. The molecule has 0 saturated carbocycles. The molecule has 0 bridgehead atoms. The smallest absolute Gasteiger partial charge is 0.138 e. The average molecular weight is 275 g/mol. The van der Waals surface area contributed by atoms with E-state index in [0.29, 0.717) is 29.4 Å². The van der Waals surface area contributed by atoms with Crippen LogP contribution in [-0.4, -0.2) is 18.8 Å². The Labute approximate surface area is 112 Å². The quantitative estimate of drug-likeness (QED) is 0.772. The summed E-state index contributed by atoms with van der Waals surface area (Å²) in [5.41, 5.74) is 0.995. The summed E-state index contributed by atoms with van der Waals surface area (Å²) in [6.07, 6.45) is 2.69. The van der Waals surface area contributed by atoms with Crippen LogP contribution in [-0.2, 0) is 10.6 Å². The van der Waals surface area contributed by atoms with Gasteiger partial charge < -0.3 is 9.47 Å². The van der Waals surface area contributed by atoms with Crippen LogP contribution in [0.5, 0.6) is 5.75 Å². The summed E-state index contributed by atoms with van der Waals surface area (Å²) >= 11 is 11.8. The van der Waals surface area contributed by atoms with E-state index < -0.39 is 0 Å². The maximum atomic E-state index is 6.10. The van der Waals surface area contributed by atoms with Crippen molar-refractivity contribution >= 4 is 23.2 Å². The lowest BCUT2D eigenvalue weighted by molar-refractivity contribution is 0.0265. The first kappa shape index (κ1) is 13.0. The third kappa shape index (κ3) is 3.51. The largest absolute Gasteiger partial charge is 0.489 e. The lowest BCUT2D eigenvalue weighted by Crippen LogP contribution is -2.17. The molecule has 1 aliphatic rings. The predicted octanol–water partition coefficient (Wildman–Crippen LogP) is 4.03. The summed E-state index contributed by atoms with van der Waals surface area (Å²) in [7, 11) is 0. The molecule has 0 N–H and O–H groups in total. The number of hydrogen-bond donors (Lipinski definition) is 0. The third-order valence-corrected chi connectivity index (χ3v) is 3.50. The van der Waals surface area contributed by atoms with Crippen molar-refractivity contribution in [3.8, 4) is 5.75 Å². The lowest BCUT2D eigenvalue weighted by atomic mass is 10.2. The highest BCUT2D eigenvalue weighted by atomic mass is 35.5. The van der Waals surface area contributed by atoms with Gasteiger partial charge in [0.25, 0.3) is 0 Å². The fourth-order valence-corrected chi connectivity index (χ4v) is 2.36. The van der Waals surface area contributed by atoms with E-state index in [4.69, 9.17) is 32.7 Å². The summed E-state index contributed by atoms with van der Waals surface area (Å²) in [5.74, 6) is 1.16. The first-order valence-corrected chi connectivity index (χ1v) is 6.73. The first-order valence-electron chi connectivity index (χ1n) is 5.81. The summed E-state index contributed by atoms with van der Waals surface area (Å²) < 4.78 is 11.3. The summed E-state index contributed by atoms with van der Waals surface area (Å²) in [6.45, 7) is 2.65. The zero-order valence-corrected chi connectivity index (χ0v) is 11.3. The molecule has 2 atom stereocenters. The number of alkyl halides is 1. The Morgan fingerprint density at radius 3 is 2.82 bits per heavy atom. The van der Waals surface area contributed by atoms with Gasteiger partial charge in [-0.25, -0.2) is 0 Å². The number of ether oxygens (including phenoxy) is 2. The highest BCUT2D eigenvalue weighted by Gasteiger charge is 2.22. The number of halogens is 2. The van der Waals surface area contributed by atoms with E-state index >= 15 is 0 Å². The fourth-order valence-electron chi connectivity index (χ4n) is 1.94. The monoisotopic (exact) mass is 274 g/mol. The molecular formula is C13H16Cl2O2. The Balaban J connectivity index is 1.90. The number of benzene rings is 1. The maximum absolute atomic E-state index is 6.10. The zero-order chi connectivity index (χ0) is 12.3. The van der Waals surface area contributed by atoms with Gasteiger partial charge in [-0.05, 0) is 37.5 Å². The van der Waals surface area contributed by atoms with Crippen LogP contribution in [0.1, 0.15) is 25.3 Å². The van der Waals surface area contributed by atoms with Crippen LogP contribution < -0.4 is 4.74 Å². The van der Waals surface area contributed by atoms with Crippen molar-refractivity contribution < 1.29 is 9.47 Å². The van der Waals surface area contributed by atoms with E-state index in [0.717, 1.165) is 18.4 Å². The van der Waals surface area contributed by atoms with E-state index in [9.17, 15) is 0 Å². The van der Waals surface area contributed by atoms with Gasteiger partial charge in [0.05, 0.1) is 17.2 Å². The molecule has 1 aliphatic heterocycles. The molecule has 0 radical (unpaired) electrons. The normalized spacial score (nSPS) is 23.9. The van der Waals surface area contributed by atoms with E-state index in [1.165, 1.54) is 0 Å². The van der Waals surface area contributed by atoms with Gasteiger partial charge in [-0.2, -0.15) is 0 Å². The molecule has 1 heterocycles. The Hall–Kier alpha value is -0.440. The Bertz CT molecular complexity index is 382. The van der Waals surface area contributed by atoms with Crippen LogP contribution >= 0.6 is 23.2 Å². The van der Waals surface area contributed by atoms with Crippen molar-refractivity contribution in [3.63, 3.8) is 0 Å². The number of rotatable bonds is 4. The minimum absolute atomic E-state index is 0.189. The van der Waals surface area contributed by atoms with E-state index in [-0.39, 0.29) is 6.10 Å². The number of hydrogen-bond acceptors (Lipinski definition) is 2. The summed E-state index contributed by atoms with van der Waals surface area (Å²) in [4.78, 5) is 0. The van der Waals surface area contributed by atoms with Crippen molar-refractivity contribution in [2.24, 2.45) is 0 Å². The second-order valence-corrected chi connectivity index (χ2v) is 5.03. The maximum Gasteiger partial charge on any atom is 0.138 e. The molecule has 0 aromatic heterocycles. The lowest BCUT2D eigenvalue weighted by Gasteiger charge is -2.13. The molecule has 1 saturated heterocycles. The van der Waals surface area contributed by atoms with Crippen molar-refractivity contribution in [2.45, 2.75) is 37.9 Å². The van der Waals surface area contributed by atoms with Crippen LogP contribution in [0.3, 0.4) is 0 Å². The molecule has 2 rings (SSSR count). The topological polar surface area (TPSA) is 18.5 Å². The van der Waals surface area contributed by atoms with Crippen LogP contribution in [0.25, 0.3) is 0 Å². The van der Waals surface area contributed by atoms with Crippen molar-refractivity contribution in [1.29, 1.82) is 0 Å². The summed E-state index contributed by atoms with van der Waals surface area (Å²) in [5, 5.41) is 0.606. The average Bonchev–Trinajstić information content (AvgIpc) is 2.73. The molecule has 2 unspecified atom stereocenters. The van der Waals surface area contributed by atoms with Crippen LogP contribution in [0.15, 0.2) is 18.2 Å². The van der Waals surface area contributed by atoms with Gasteiger partial charge >= 0.3 is 0 Å². The molecule has 17 heavy (non-hydrogen) atoms. The van der Waals surface area contributed by atoms with E-state index in [1.807, 2.05) is 18.2 Å². The van der Waals surface area contributed by atoms with Crippen LogP contribution in [0, 0.1) is 0 Å². The fraction of sp³-hybridized carbons (Fsp3) is 0.538. The van der Waals surface area contributed by atoms with Gasteiger partial charge in [-0.15, -0.1) is 11.6 Å². The van der Waals surface area contributed by atoms with Crippen molar-refractivity contribution in [2.75, 3.05) is 6.61 Å². The Morgan fingerprint density at radius 2 is 2.24 bits per heavy atom. The van der Waals surface area contributed by atoms with Crippen molar-refractivity contribution in [3.05, 3.63) is 28.8 Å². The van der Waals surface area contributed by atoms with Crippen LogP contribution in [0.4, 0.5) is 0 Å². The molecule has 0 aliphatic carbocycles. The second kappa shape index (κ2) is 5.94. The van der Waals surface area contributed by atoms with Gasteiger partial charge in [0.2, 0.25) is 0 Å². The molecule has 1 aromatic carbocycles. The van der Waals surface area contributed by atoms with Gasteiger partial charge in [0.15, 0.2) is 0 Å². The van der Waals surface area contributed by atoms with Gasteiger partial charge in [-0.1, -0.05) is 17.7 Å². The SMILES string of the molecule is CC1CCC(COc2ccc(CCl)cc2Cl)O1. The molecule has 0 spiro atoms. The predicted molar refractivity (Wildman–Crippen MR) is 70.1 cm³/mol. The molecule has 0 amide bonds. The molecule has 1 aromatic rings. The Morgan fingerprint density at radius 1 is 1.41 bits per heavy atom. The molecule has 4 heteroatoms. The van der Waals surface area contributed by atoms with Gasteiger partial charge in [0.1, 0.15) is 12.4 Å². The minimum Gasteiger partial charge on any atom is -0.489 e. The first-order chi connectivity index (χ1) is 8.19. The highest BCUT2D eigenvalue weighted by molar-refractivity contribution is 6.32. The highest BCUT2D eigenvalue weighted by Crippen LogP contribution is 2.27. The third-order valence-electron chi connectivity index (χ3n) is 2.90. The molecule has 1 fully saturated rings. The van der Waals surface area contributed by atoms with Crippen LogP contribution in [0.2, 0.25) is 5.02 Å². The van der Waals surface area contributed by atoms with Gasteiger partial charge in [0, 0.05) is 5.88 Å². The summed E-state index contributed by atoms with van der Waals surface area (Å²) in [6, 6.07) is 5.62. The molecular weight excluding hydrogens is 259 g/mol. The zero-order valence-electron chi connectivity index (χ0n) is 9.79. The van der Waals surface area contributed by atoms with E-state index in [1.54, 1.807) is 0 Å². The Kier molecular flexibility index (Phi) is 4.55. The van der Waals surface area contributed by atoms with E-state index in [2.05, 4.69) is 6.92 Å².